The smallest absolute Gasteiger partial charge is 0.0266 e. The molecule has 0 amide bonds. The molecule has 98 valence electrons. The Balaban J connectivity index is 1.93. The van der Waals surface area contributed by atoms with Gasteiger partial charge in [-0.2, -0.15) is 0 Å². The standard InChI is InChI=1S/C17H30/c1-12-8-9-14-13-7-5-6-10-16(2,3)15(13)11-17(12,14)4/h12-15H,5-11H2,1-4H3. The van der Waals surface area contributed by atoms with Gasteiger partial charge in [-0.1, -0.05) is 40.5 Å². The molecule has 3 aliphatic rings. The minimum Gasteiger partial charge on any atom is -0.0620 e. The molecule has 0 aromatic carbocycles. The zero-order valence-electron chi connectivity index (χ0n) is 12.3. The number of hydrogen-bond donors (Lipinski definition) is 0. The molecule has 0 saturated heterocycles. The van der Waals surface area contributed by atoms with Crippen molar-refractivity contribution in [1.29, 1.82) is 0 Å². The summed E-state index contributed by atoms with van der Waals surface area (Å²) < 4.78 is 0. The van der Waals surface area contributed by atoms with Gasteiger partial charge in [-0.05, 0) is 66.6 Å². The molecule has 5 unspecified atom stereocenters. The van der Waals surface area contributed by atoms with Crippen LogP contribution < -0.4 is 0 Å². The molecular weight excluding hydrogens is 204 g/mol. The fraction of sp³-hybridized carbons (Fsp3) is 1.00. The second kappa shape index (κ2) is 3.75. The summed E-state index contributed by atoms with van der Waals surface area (Å²) >= 11 is 0. The van der Waals surface area contributed by atoms with Gasteiger partial charge in [0.1, 0.15) is 0 Å². The molecular formula is C17H30. The van der Waals surface area contributed by atoms with Gasteiger partial charge < -0.3 is 0 Å². The SMILES string of the molecule is CC1CCC2C3CCCCC(C)(C)C3CC12C. The van der Waals surface area contributed by atoms with Gasteiger partial charge in [0, 0.05) is 0 Å². The molecule has 0 heteroatoms. The first-order chi connectivity index (χ1) is 7.95. The Morgan fingerprint density at radius 2 is 1.65 bits per heavy atom. The fourth-order valence-electron chi connectivity index (χ4n) is 5.82. The lowest BCUT2D eigenvalue weighted by atomic mass is 9.70. The lowest BCUT2D eigenvalue weighted by Crippen LogP contribution is -2.27. The van der Waals surface area contributed by atoms with Crippen LogP contribution in [0, 0.1) is 34.5 Å². The van der Waals surface area contributed by atoms with Crippen LogP contribution in [0.5, 0.6) is 0 Å². The van der Waals surface area contributed by atoms with Crippen molar-refractivity contribution >= 4 is 0 Å². The Morgan fingerprint density at radius 1 is 0.882 bits per heavy atom. The highest BCUT2D eigenvalue weighted by Crippen LogP contribution is 2.66. The quantitative estimate of drug-likeness (QED) is 0.535. The van der Waals surface area contributed by atoms with Gasteiger partial charge in [0.2, 0.25) is 0 Å². The maximum absolute atomic E-state index is 2.63. The second-order valence-corrected chi connectivity index (χ2v) is 8.30. The molecule has 3 fully saturated rings. The van der Waals surface area contributed by atoms with Gasteiger partial charge in [0.15, 0.2) is 0 Å². The molecule has 3 saturated carbocycles. The monoisotopic (exact) mass is 234 g/mol. The highest BCUT2D eigenvalue weighted by Gasteiger charge is 2.58. The predicted octanol–water partition coefficient (Wildman–Crippen LogP) is 5.28. The molecule has 0 spiro atoms. The molecule has 17 heavy (non-hydrogen) atoms. The third-order valence-electron chi connectivity index (χ3n) is 7.19. The van der Waals surface area contributed by atoms with Crippen molar-refractivity contribution in [3.8, 4) is 0 Å². The van der Waals surface area contributed by atoms with Crippen molar-refractivity contribution in [2.45, 2.75) is 72.6 Å². The van der Waals surface area contributed by atoms with E-state index in [1.165, 1.54) is 38.5 Å². The van der Waals surface area contributed by atoms with E-state index in [2.05, 4.69) is 27.7 Å². The summed E-state index contributed by atoms with van der Waals surface area (Å²) in [5, 5.41) is 0. The molecule has 5 atom stereocenters. The van der Waals surface area contributed by atoms with Crippen LogP contribution in [0.2, 0.25) is 0 Å². The van der Waals surface area contributed by atoms with Crippen LogP contribution in [0.3, 0.4) is 0 Å². The first kappa shape index (κ1) is 12.1. The lowest BCUT2D eigenvalue weighted by molar-refractivity contribution is 0.142. The van der Waals surface area contributed by atoms with Crippen LogP contribution in [0.25, 0.3) is 0 Å². The number of rotatable bonds is 0. The Kier molecular flexibility index (Phi) is 2.66. The molecule has 3 aliphatic carbocycles. The van der Waals surface area contributed by atoms with Gasteiger partial charge in [-0.3, -0.25) is 0 Å². The second-order valence-electron chi connectivity index (χ2n) is 8.30. The summed E-state index contributed by atoms with van der Waals surface area (Å²) in [5.74, 6) is 4.15. The molecule has 0 bridgehead atoms. The molecule has 0 radical (unpaired) electrons. The highest BCUT2D eigenvalue weighted by atomic mass is 14.6. The van der Waals surface area contributed by atoms with E-state index in [4.69, 9.17) is 0 Å². The molecule has 0 nitrogen and oxygen atoms in total. The van der Waals surface area contributed by atoms with Crippen molar-refractivity contribution in [3.63, 3.8) is 0 Å². The van der Waals surface area contributed by atoms with E-state index in [0.717, 1.165) is 23.7 Å². The maximum Gasteiger partial charge on any atom is -0.0266 e. The molecule has 0 heterocycles. The average molecular weight is 234 g/mol. The first-order valence-electron chi connectivity index (χ1n) is 7.95. The van der Waals surface area contributed by atoms with Gasteiger partial charge in [0.05, 0.1) is 0 Å². The Labute approximate surface area is 108 Å². The van der Waals surface area contributed by atoms with Gasteiger partial charge in [0.25, 0.3) is 0 Å². The van der Waals surface area contributed by atoms with E-state index in [-0.39, 0.29) is 0 Å². The minimum atomic E-state index is 0.619. The Bertz CT molecular complexity index is 303. The largest absolute Gasteiger partial charge is 0.0620 e. The molecule has 0 aromatic heterocycles. The van der Waals surface area contributed by atoms with E-state index < -0.39 is 0 Å². The minimum absolute atomic E-state index is 0.619. The summed E-state index contributed by atoms with van der Waals surface area (Å²) in [6.45, 7) is 10.3. The van der Waals surface area contributed by atoms with Crippen molar-refractivity contribution in [1.82, 2.24) is 0 Å². The van der Waals surface area contributed by atoms with E-state index in [0.29, 0.717) is 10.8 Å². The molecule has 0 N–H and O–H groups in total. The third-order valence-corrected chi connectivity index (χ3v) is 7.19. The van der Waals surface area contributed by atoms with Crippen molar-refractivity contribution in [2.75, 3.05) is 0 Å². The van der Waals surface area contributed by atoms with Crippen LogP contribution in [-0.4, -0.2) is 0 Å². The van der Waals surface area contributed by atoms with Crippen molar-refractivity contribution in [3.05, 3.63) is 0 Å². The summed E-state index contributed by atoms with van der Waals surface area (Å²) in [5.41, 5.74) is 1.32. The Hall–Kier alpha value is 0. The molecule has 3 rings (SSSR count). The van der Waals surface area contributed by atoms with Crippen LogP contribution in [-0.2, 0) is 0 Å². The average Bonchev–Trinajstić information content (AvgIpc) is 2.65. The van der Waals surface area contributed by atoms with Crippen LogP contribution in [0.1, 0.15) is 72.6 Å². The fourth-order valence-corrected chi connectivity index (χ4v) is 5.82. The zero-order valence-corrected chi connectivity index (χ0v) is 12.3. The highest BCUT2D eigenvalue weighted by molar-refractivity contribution is 5.07. The topological polar surface area (TPSA) is 0 Å². The van der Waals surface area contributed by atoms with Crippen molar-refractivity contribution < 1.29 is 0 Å². The summed E-state index contributed by atoms with van der Waals surface area (Å²) in [4.78, 5) is 0. The Morgan fingerprint density at radius 3 is 2.41 bits per heavy atom. The van der Waals surface area contributed by atoms with E-state index in [1.54, 1.807) is 6.42 Å². The van der Waals surface area contributed by atoms with Gasteiger partial charge in [-0.25, -0.2) is 0 Å². The number of hydrogen-bond acceptors (Lipinski definition) is 0. The van der Waals surface area contributed by atoms with Crippen LogP contribution >= 0.6 is 0 Å². The van der Waals surface area contributed by atoms with Gasteiger partial charge >= 0.3 is 0 Å². The zero-order chi connectivity index (χ0) is 12.3. The maximum atomic E-state index is 2.63. The first-order valence-corrected chi connectivity index (χ1v) is 7.95. The predicted molar refractivity (Wildman–Crippen MR) is 73.8 cm³/mol. The lowest BCUT2D eigenvalue weighted by Gasteiger charge is -2.35. The van der Waals surface area contributed by atoms with Crippen LogP contribution in [0.15, 0.2) is 0 Å². The summed E-state index contributed by atoms with van der Waals surface area (Å²) in [7, 11) is 0. The van der Waals surface area contributed by atoms with Crippen molar-refractivity contribution in [2.24, 2.45) is 34.5 Å². The third kappa shape index (κ3) is 1.62. The molecule has 0 aromatic rings. The normalized spacial score (nSPS) is 52.9. The summed E-state index contributed by atoms with van der Waals surface area (Å²) in [6, 6.07) is 0. The number of fused-ring (bicyclic) bond motifs is 3. The molecule has 0 aliphatic heterocycles. The van der Waals surface area contributed by atoms with Crippen LogP contribution in [0.4, 0.5) is 0 Å². The van der Waals surface area contributed by atoms with E-state index >= 15 is 0 Å². The van der Waals surface area contributed by atoms with Gasteiger partial charge in [-0.15, -0.1) is 0 Å². The van der Waals surface area contributed by atoms with E-state index in [9.17, 15) is 0 Å². The summed E-state index contributed by atoms with van der Waals surface area (Å²) in [6.07, 6.45) is 10.6. The van der Waals surface area contributed by atoms with E-state index in [1.807, 2.05) is 0 Å².